The molecule has 0 atom stereocenters. The highest BCUT2D eigenvalue weighted by Crippen LogP contribution is 2.37. The molecule has 4 aromatic rings. The van der Waals surface area contributed by atoms with Crippen molar-refractivity contribution in [3.63, 3.8) is 0 Å². The maximum Gasteiger partial charge on any atom is 0.267 e. The van der Waals surface area contributed by atoms with Crippen LogP contribution in [-0.4, -0.2) is 30.5 Å². The van der Waals surface area contributed by atoms with Crippen LogP contribution >= 0.6 is 11.6 Å². The molecule has 1 aliphatic carbocycles. The Labute approximate surface area is 197 Å². The van der Waals surface area contributed by atoms with E-state index in [0.29, 0.717) is 11.5 Å². The summed E-state index contributed by atoms with van der Waals surface area (Å²) in [5.41, 5.74) is 11.4. The molecule has 5 rings (SSSR count). The molecule has 1 fully saturated rings. The van der Waals surface area contributed by atoms with Crippen molar-refractivity contribution in [3.8, 4) is 11.8 Å². The van der Waals surface area contributed by atoms with Gasteiger partial charge in [-0.05, 0) is 37.1 Å². The van der Waals surface area contributed by atoms with Crippen LogP contribution in [0.25, 0.3) is 16.6 Å². The number of nitriles is 1. The van der Waals surface area contributed by atoms with Crippen LogP contribution < -0.4 is 21.9 Å². The average molecular weight is 478 g/mol. The Morgan fingerprint density at radius 3 is 2.71 bits per heavy atom. The highest BCUT2D eigenvalue weighted by atomic mass is 35.5. The lowest BCUT2D eigenvalue weighted by Crippen LogP contribution is -2.33. The van der Waals surface area contributed by atoms with Gasteiger partial charge in [-0.1, -0.05) is 11.6 Å². The number of pyridine rings is 1. The molecule has 34 heavy (non-hydrogen) atoms. The molecule has 10 nitrogen and oxygen atoms in total. The molecule has 0 radical (unpaired) electrons. The molecule has 1 aliphatic rings. The van der Waals surface area contributed by atoms with Crippen LogP contribution in [0.3, 0.4) is 0 Å². The van der Waals surface area contributed by atoms with Crippen molar-refractivity contribution < 1.29 is 4.39 Å². The second kappa shape index (κ2) is 8.24. The van der Waals surface area contributed by atoms with Crippen molar-refractivity contribution in [3.05, 3.63) is 69.2 Å². The van der Waals surface area contributed by atoms with E-state index in [2.05, 4.69) is 19.9 Å². The van der Waals surface area contributed by atoms with Crippen molar-refractivity contribution in [2.75, 3.05) is 16.4 Å². The summed E-state index contributed by atoms with van der Waals surface area (Å²) < 4.78 is 16.1. The fourth-order valence-electron chi connectivity index (χ4n) is 3.83. The summed E-state index contributed by atoms with van der Waals surface area (Å²) >= 11 is 6.40. The predicted molar refractivity (Wildman–Crippen MR) is 125 cm³/mol. The van der Waals surface area contributed by atoms with E-state index in [1.807, 2.05) is 11.0 Å². The van der Waals surface area contributed by atoms with E-state index in [-0.39, 0.29) is 51.7 Å². The molecule has 1 saturated carbocycles. The summed E-state index contributed by atoms with van der Waals surface area (Å²) in [5, 5.41) is 9.53. The fourth-order valence-corrected chi connectivity index (χ4v) is 4.02. The van der Waals surface area contributed by atoms with E-state index in [1.165, 1.54) is 16.8 Å². The maximum absolute atomic E-state index is 14.8. The number of nitrogens with two attached hydrogens (primary N) is 2. The number of nitrogens with zero attached hydrogens (tertiary/aromatic N) is 7. The van der Waals surface area contributed by atoms with Gasteiger partial charge in [0, 0.05) is 12.2 Å². The Hall–Kier alpha value is -4.30. The van der Waals surface area contributed by atoms with Gasteiger partial charge in [-0.15, -0.1) is 0 Å². The van der Waals surface area contributed by atoms with E-state index >= 15 is 0 Å². The number of halogens is 2. The number of benzene rings is 1. The van der Waals surface area contributed by atoms with Crippen molar-refractivity contribution in [2.45, 2.75) is 25.4 Å². The van der Waals surface area contributed by atoms with Crippen molar-refractivity contribution in [1.82, 2.24) is 24.5 Å². The summed E-state index contributed by atoms with van der Waals surface area (Å²) in [6, 6.07) is 7.69. The number of hydrogen-bond donors (Lipinski definition) is 2. The lowest BCUT2D eigenvalue weighted by Gasteiger charge is -2.26. The van der Waals surface area contributed by atoms with Crippen molar-refractivity contribution >= 4 is 40.1 Å². The maximum atomic E-state index is 14.8. The number of anilines is 3. The summed E-state index contributed by atoms with van der Waals surface area (Å²) in [6.45, 7) is 0.0383. The molecule has 0 aliphatic heterocycles. The van der Waals surface area contributed by atoms with Gasteiger partial charge in [0.15, 0.2) is 5.82 Å². The Morgan fingerprint density at radius 2 is 2.03 bits per heavy atom. The third-order valence-electron chi connectivity index (χ3n) is 5.52. The molecular weight excluding hydrogens is 461 g/mol. The van der Waals surface area contributed by atoms with E-state index < -0.39 is 11.4 Å². The summed E-state index contributed by atoms with van der Waals surface area (Å²) in [5.74, 6) is -0.234. The van der Waals surface area contributed by atoms with E-state index in [4.69, 9.17) is 23.1 Å². The van der Waals surface area contributed by atoms with Gasteiger partial charge in [0.1, 0.15) is 34.1 Å². The van der Waals surface area contributed by atoms with Crippen LogP contribution in [0.4, 0.5) is 22.0 Å². The Kier molecular flexibility index (Phi) is 5.22. The molecule has 170 valence electrons. The first-order valence-electron chi connectivity index (χ1n) is 10.3. The van der Waals surface area contributed by atoms with E-state index in [9.17, 15) is 14.4 Å². The van der Waals surface area contributed by atoms with Crippen LogP contribution in [0.1, 0.15) is 24.2 Å². The molecule has 0 spiro atoms. The number of hydrogen-bond acceptors (Lipinski definition) is 9. The second-order valence-electron chi connectivity index (χ2n) is 7.77. The van der Waals surface area contributed by atoms with Gasteiger partial charge in [0.05, 0.1) is 29.4 Å². The minimum atomic E-state index is -0.711. The average Bonchev–Trinajstić information content (AvgIpc) is 3.66. The monoisotopic (exact) mass is 477 g/mol. The van der Waals surface area contributed by atoms with Gasteiger partial charge in [-0.3, -0.25) is 14.3 Å². The van der Waals surface area contributed by atoms with Gasteiger partial charge in [-0.2, -0.15) is 15.2 Å². The zero-order valence-corrected chi connectivity index (χ0v) is 18.4. The van der Waals surface area contributed by atoms with Crippen LogP contribution in [0.5, 0.6) is 0 Å². The van der Waals surface area contributed by atoms with Crippen LogP contribution in [0, 0.1) is 17.1 Å². The molecular formula is C22H17ClFN9O. The first-order valence-corrected chi connectivity index (χ1v) is 10.7. The second-order valence-corrected chi connectivity index (χ2v) is 8.15. The minimum absolute atomic E-state index is 0.0237. The van der Waals surface area contributed by atoms with Gasteiger partial charge >= 0.3 is 0 Å². The number of fused-ring (bicyclic) bond motifs is 1. The van der Waals surface area contributed by atoms with Crippen LogP contribution in [-0.2, 0) is 6.54 Å². The Balaban J connectivity index is 1.77. The molecule has 12 heteroatoms. The smallest absolute Gasteiger partial charge is 0.267 e. The minimum Gasteiger partial charge on any atom is -0.382 e. The lowest BCUT2D eigenvalue weighted by atomic mass is 10.1. The van der Waals surface area contributed by atoms with Gasteiger partial charge in [-0.25, -0.2) is 9.37 Å². The summed E-state index contributed by atoms with van der Waals surface area (Å²) in [6.07, 6.45) is 4.74. The third kappa shape index (κ3) is 3.64. The summed E-state index contributed by atoms with van der Waals surface area (Å²) in [7, 11) is 0. The first-order chi connectivity index (χ1) is 16.4. The number of aromatic nitrogens is 5. The van der Waals surface area contributed by atoms with Gasteiger partial charge < -0.3 is 16.4 Å². The zero-order valence-electron chi connectivity index (χ0n) is 17.6. The molecule has 4 N–H and O–H groups in total. The SMILES string of the molecule is N#Cc1ccc(F)c2nc(CN(c3nc(N)nc(N)c3Cl)C3CC3)n(-c3cccnc3)c(=O)c12. The predicted octanol–water partition coefficient (Wildman–Crippen LogP) is 2.57. The van der Waals surface area contributed by atoms with E-state index in [0.717, 1.165) is 18.9 Å². The largest absolute Gasteiger partial charge is 0.382 e. The quantitative estimate of drug-likeness (QED) is 0.441. The molecule has 0 unspecified atom stereocenters. The van der Waals surface area contributed by atoms with Crippen LogP contribution in [0.15, 0.2) is 41.5 Å². The van der Waals surface area contributed by atoms with E-state index in [1.54, 1.807) is 18.3 Å². The molecule has 0 saturated heterocycles. The van der Waals surface area contributed by atoms with Crippen LogP contribution in [0.2, 0.25) is 5.02 Å². The molecule has 1 aromatic carbocycles. The first kappa shape index (κ1) is 21.5. The topological polar surface area (TPSA) is 153 Å². The van der Waals surface area contributed by atoms with Crippen molar-refractivity contribution in [1.29, 1.82) is 5.26 Å². The van der Waals surface area contributed by atoms with Crippen molar-refractivity contribution in [2.24, 2.45) is 0 Å². The molecule has 3 heterocycles. The number of rotatable bonds is 5. The summed E-state index contributed by atoms with van der Waals surface area (Å²) in [4.78, 5) is 32.2. The molecule has 3 aromatic heterocycles. The molecule has 0 bridgehead atoms. The zero-order chi connectivity index (χ0) is 24.0. The lowest BCUT2D eigenvalue weighted by molar-refractivity contribution is 0.632. The van der Waals surface area contributed by atoms with Gasteiger partial charge in [0.25, 0.3) is 5.56 Å². The molecule has 0 amide bonds. The highest BCUT2D eigenvalue weighted by Gasteiger charge is 2.34. The standard InChI is InChI=1S/C22H17ClFN9O/c23-17-19(26)30-22(27)31-20(17)32(12-4-5-12)10-15-29-18-14(24)6-3-11(8-25)16(18)21(34)33(15)13-2-1-7-28-9-13/h1-3,6-7,9,12H,4-5,10H2,(H4,26,27,30,31). The van der Waals surface area contributed by atoms with Gasteiger partial charge in [0.2, 0.25) is 5.95 Å². The Morgan fingerprint density at radius 1 is 1.24 bits per heavy atom. The third-order valence-corrected chi connectivity index (χ3v) is 5.88. The fraction of sp³-hybridized carbons (Fsp3) is 0.182. The number of nitrogen functional groups attached to an aromatic ring is 2. The normalized spacial score (nSPS) is 13.1. The highest BCUT2D eigenvalue weighted by molar-refractivity contribution is 6.35. The Bertz CT molecular complexity index is 1530.